The number of carbonyl (C=O) groups is 1. The lowest BCUT2D eigenvalue weighted by atomic mass is 9.73. The van der Waals surface area contributed by atoms with E-state index < -0.39 is 11.5 Å². The van der Waals surface area contributed by atoms with E-state index in [2.05, 4.69) is 9.88 Å². The molecule has 8 heteroatoms. The molecule has 1 aromatic heterocycles. The van der Waals surface area contributed by atoms with Crippen molar-refractivity contribution in [2.45, 2.75) is 63.9 Å². The molecule has 1 aromatic carbocycles. The molecule has 1 saturated heterocycles. The Morgan fingerprint density at radius 3 is 2.74 bits per heavy atom. The number of halogens is 1. The van der Waals surface area contributed by atoms with Crippen LogP contribution in [-0.2, 0) is 4.79 Å². The average molecular weight is 490 g/mol. The van der Waals surface area contributed by atoms with Crippen LogP contribution in [0.15, 0.2) is 24.4 Å². The highest BCUT2D eigenvalue weighted by molar-refractivity contribution is 6.32. The smallest absolute Gasteiger partial charge is 0.249 e. The summed E-state index contributed by atoms with van der Waals surface area (Å²) in [6.07, 6.45) is 9.46. The molecule has 0 radical (unpaired) electrons. The Morgan fingerprint density at radius 1 is 1.32 bits per heavy atom. The van der Waals surface area contributed by atoms with Crippen LogP contribution in [0.4, 0.5) is 0 Å². The normalized spacial score (nSPS) is 19.9. The van der Waals surface area contributed by atoms with Crippen LogP contribution in [0.1, 0.15) is 69.5 Å². The highest BCUT2D eigenvalue weighted by atomic mass is 35.5. The molecule has 0 spiro atoms. The number of hydrogen-bond donors (Lipinski definition) is 3. The fourth-order valence-electron chi connectivity index (χ4n) is 5.77. The summed E-state index contributed by atoms with van der Waals surface area (Å²) in [5.74, 6) is 1.15. The van der Waals surface area contributed by atoms with Gasteiger partial charge in [-0.25, -0.2) is 5.48 Å². The van der Waals surface area contributed by atoms with E-state index in [1.807, 2.05) is 23.7 Å². The summed E-state index contributed by atoms with van der Waals surface area (Å²) in [7, 11) is 1.59. The van der Waals surface area contributed by atoms with Crippen molar-refractivity contribution in [3.8, 4) is 5.75 Å². The van der Waals surface area contributed by atoms with E-state index in [0.29, 0.717) is 42.0 Å². The van der Waals surface area contributed by atoms with E-state index in [4.69, 9.17) is 16.3 Å². The Hall–Kier alpha value is -1.93. The van der Waals surface area contributed by atoms with Crippen LogP contribution in [0.5, 0.6) is 5.75 Å². The number of nitrogens with zero attached hydrogens (tertiary/aromatic N) is 2. The van der Waals surface area contributed by atoms with Gasteiger partial charge in [-0.1, -0.05) is 37.3 Å². The van der Waals surface area contributed by atoms with E-state index in [0.717, 1.165) is 36.5 Å². The second-order valence-corrected chi connectivity index (χ2v) is 10.4. The first-order valence-corrected chi connectivity index (χ1v) is 12.8. The minimum atomic E-state index is -0.867. The maximum Gasteiger partial charge on any atom is 0.249 e. The molecule has 3 N–H and O–H groups in total. The molecule has 186 valence electrons. The van der Waals surface area contributed by atoms with Crippen molar-refractivity contribution in [3.05, 3.63) is 35.0 Å². The Kier molecular flexibility index (Phi) is 8.30. The minimum absolute atomic E-state index is 0.353. The summed E-state index contributed by atoms with van der Waals surface area (Å²) in [6.45, 7) is 2.73. The average Bonchev–Trinajstić information content (AvgIpc) is 3.39. The number of pyridine rings is 1. The van der Waals surface area contributed by atoms with Crippen molar-refractivity contribution in [2.75, 3.05) is 26.7 Å². The van der Waals surface area contributed by atoms with Crippen molar-refractivity contribution in [3.63, 3.8) is 0 Å². The molecule has 0 bridgehead atoms. The van der Waals surface area contributed by atoms with Gasteiger partial charge in [0.25, 0.3) is 0 Å². The summed E-state index contributed by atoms with van der Waals surface area (Å²) in [6, 6.07) is 5.48. The van der Waals surface area contributed by atoms with Crippen molar-refractivity contribution in [2.24, 2.45) is 11.3 Å². The van der Waals surface area contributed by atoms with E-state index in [1.165, 1.54) is 32.1 Å². The van der Waals surface area contributed by atoms with Gasteiger partial charge >= 0.3 is 0 Å². The molecule has 1 unspecified atom stereocenters. The summed E-state index contributed by atoms with van der Waals surface area (Å²) in [5.41, 5.74) is 2.51. The van der Waals surface area contributed by atoms with Crippen LogP contribution in [0.2, 0.25) is 5.02 Å². The largest absolute Gasteiger partial charge is 0.497 e. The molecular formula is C26H36ClN3O4. The molecular weight excluding hydrogens is 454 g/mol. The standard InChI is InChI=1S/C26H36ClN3O4/c1-34-19-6-7-22-20(16-19)24(21(27)17-28-22)23(31)8-10-26(25(32)29-33)11-14-30(15-12-26)13-9-18-4-2-3-5-18/h6-7,16-18,23,31,33H,2-5,8-15H2,1H3,(H,29,32). The number of benzene rings is 1. The van der Waals surface area contributed by atoms with Gasteiger partial charge in [0.15, 0.2) is 0 Å². The fraction of sp³-hybridized carbons (Fsp3) is 0.615. The van der Waals surface area contributed by atoms with Gasteiger partial charge in [-0.2, -0.15) is 0 Å². The van der Waals surface area contributed by atoms with Crippen molar-refractivity contribution in [1.82, 2.24) is 15.4 Å². The first-order valence-electron chi connectivity index (χ1n) is 12.4. The number of aliphatic hydroxyl groups is 1. The second-order valence-electron chi connectivity index (χ2n) is 9.96. The zero-order chi connectivity index (χ0) is 24.1. The molecule has 1 amide bonds. The predicted molar refractivity (Wildman–Crippen MR) is 132 cm³/mol. The van der Waals surface area contributed by atoms with E-state index in [-0.39, 0.29) is 5.91 Å². The lowest BCUT2D eigenvalue weighted by Gasteiger charge is -2.41. The van der Waals surface area contributed by atoms with Crippen LogP contribution < -0.4 is 10.2 Å². The SMILES string of the molecule is COc1ccc2ncc(Cl)c(C(O)CCC3(C(=O)NO)CCN(CCC4CCCC4)CC3)c2c1. The summed E-state index contributed by atoms with van der Waals surface area (Å²) in [4.78, 5) is 19.6. The number of carbonyl (C=O) groups excluding carboxylic acids is 1. The number of ether oxygens (including phenoxy) is 1. The lowest BCUT2D eigenvalue weighted by Crippen LogP contribution is -2.48. The van der Waals surface area contributed by atoms with Crippen molar-refractivity contribution in [1.29, 1.82) is 0 Å². The zero-order valence-electron chi connectivity index (χ0n) is 19.9. The van der Waals surface area contributed by atoms with Gasteiger partial charge in [0.2, 0.25) is 5.91 Å². The maximum absolute atomic E-state index is 12.8. The first-order chi connectivity index (χ1) is 16.5. The number of amides is 1. The van der Waals surface area contributed by atoms with E-state index in [1.54, 1.807) is 13.3 Å². The monoisotopic (exact) mass is 489 g/mol. The Bertz CT molecular complexity index is 987. The number of hydrogen-bond acceptors (Lipinski definition) is 6. The molecule has 4 rings (SSSR count). The molecule has 1 aliphatic heterocycles. The minimum Gasteiger partial charge on any atom is -0.497 e. The van der Waals surface area contributed by atoms with Gasteiger partial charge in [0, 0.05) is 17.1 Å². The number of piperidine rings is 1. The van der Waals surface area contributed by atoms with Crippen LogP contribution in [0, 0.1) is 11.3 Å². The predicted octanol–water partition coefficient (Wildman–Crippen LogP) is 4.88. The van der Waals surface area contributed by atoms with Crippen LogP contribution in [-0.4, -0.2) is 52.8 Å². The van der Waals surface area contributed by atoms with Crippen molar-refractivity contribution < 1.29 is 19.8 Å². The van der Waals surface area contributed by atoms with Gasteiger partial charge < -0.3 is 14.7 Å². The summed E-state index contributed by atoms with van der Waals surface area (Å²) < 4.78 is 5.34. The van der Waals surface area contributed by atoms with Gasteiger partial charge in [-0.3, -0.25) is 15.0 Å². The summed E-state index contributed by atoms with van der Waals surface area (Å²) >= 11 is 6.46. The third-order valence-electron chi connectivity index (χ3n) is 8.02. The lowest BCUT2D eigenvalue weighted by molar-refractivity contribution is -0.143. The summed E-state index contributed by atoms with van der Waals surface area (Å²) in [5, 5.41) is 21.8. The third-order valence-corrected chi connectivity index (χ3v) is 8.32. The zero-order valence-corrected chi connectivity index (χ0v) is 20.7. The Labute approximate surface area is 206 Å². The molecule has 1 aliphatic carbocycles. The van der Waals surface area contributed by atoms with Crippen LogP contribution in [0.25, 0.3) is 10.9 Å². The number of aromatic nitrogens is 1. The molecule has 34 heavy (non-hydrogen) atoms. The van der Waals surface area contributed by atoms with E-state index >= 15 is 0 Å². The molecule has 7 nitrogen and oxygen atoms in total. The van der Waals surface area contributed by atoms with Crippen molar-refractivity contribution >= 4 is 28.4 Å². The Balaban J connectivity index is 1.44. The number of hydroxylamine groups is 1. The van der Waals surface area contributed by atoms with Crippen LogP contribution in [0.3, 0.4) is 0 Å². The number of aliphatic hydroxyl groups excluding tert-OH is 1. The fourth-order valence-corrected chi connectivity index (χ4v) is 6.05. The highest BCUT2D eigenvalue weighted by Crippen LogP contribution is 2.41. The molecule has 2 aliphatic rings. The third kappa shape index (κ3) is 5.48. The number of methoxy groups -OCH3 is 1. The second kappa shape index (κ2) is 11.2. The number of rotatable bonds is 9. The molecule has 2 aromatic rings. The number of nitrogens with one attached hydrogen (secondary N) is 1. The quantitative estimate of drug-likeness (QED) is 0.343. The Morgan fingerprint density at radius 2 is 2.06 bits per heavy atom. The van der Waals surface area contributed by atoms with Gasteiger partial charge in [0.05, 0.1) is 29.2 Å². The highest BCUT2D eigenvalue weighted by Gasteiger charge is 2.41. The van der Waals surface area contributed by atoms with Gasteiger partial charge in [-0.05, 0) is 75.9 Å². The van der Waals surface area contributed by atoms with Gasteiger partial charge in [0.1, 0.15) is 5.75 Å². The topological polar surface area (TPSA) is 94.9 Å². The van der Waals surface area contributed by atoms with Gasteiger partial charge in [-0.15, -0.1) is 0 Å². The number of likely N-dealkylation sites (tertiary alicyclic amines) is 1. The molecule has 1 atom stereocenters. The number of fused-ring (bicyclic) bond motifs is 1. The first kappa shape index (κ1) is 25.2. The molecule has 2 fully saturated rings. The molecule has 2 heterocycles. The molecule has 1 saturated carbocycles. The maximum atomic E-state index is 12.8. The van der Waals surface area contributed by atoms with E-state index in [9.17, 15) is 15.1 Å². The van der Waals surface area contributed by atoms with Crippen LogP contribution >= 0.6 is 11.6 Å².